The maximum atomic E-state index is 12.1. The predicted molar refractivity (Wildman–Crippen MR) is 94.8 cm³/mol. The molecule has 0 amide bonds. The Morgan fingerprint density at radius 2 is 1.74 bits per heavy atom. The summed E-state index contributed by atoms with van der Waals surface area (Å²) >= 11 is 7.49. The quantitative estimate of drug-likeness (QED) is 0.803. The zero-order chi connectivity index (χ0) is 16.9. The fourth-order valence-corrected chi connectivity index (χ4v) is 4.06. The number of hydrogen-bond donors (Lipinski definition) is 1. The summed E-state index contributed by atoms with van der Waals surface area (Å²) in [6, 6.07) is 16.7. The van der Waals surface area contributed by atoms with E-state index in [0.29, 0.717) is 10.8 Å². The van der Waals surface area contributed by atoms with Gasteiger partial charge in [0.05, 0.1) is 7.11 Å². The Kier molecular flexibility index (Phi) is 6.10. The third-order valence-electron chi connectivity index (χ3n) is 3.66. The van der Waals surface area contributed by atoms with Crippen LogP contribution >= 0.6 is 23.4 Å². The van der Waals surface area contributed by atoms with E-state index in [1.807, 2.05) is 49.4 Å². The SMILES string of the molecule is CCS[C@](c1ccccc1)(c1ccc(Cl)cc1)[C@@H](O)C(=O)OC. The van der Waals surface area contributed by atoms with Gasteiger partial charge in [0.1, 0.15) is 4.75 Å². The van der Waals surface area contributed by atoms with Gasteiger partial charge in [0.15, 0.2) is 6.10 Å². The first kappa shape index (κ1) is 17.9. The largest absolute Gasteiger partial charge is 0.467 e. The van der Waals surface area contributed by atoms with Gasteiger partial charge in [-0.3, -0.25) is 0 Å². The van der Waals surface area contributed by atoms with Crippen molar-refractivity contribution in [3.8, 4) is 0 Å². The van der Waals surface area contributed by atoms with Crippen LogP contribution in [-0.4, -0.2) is 30.0 Å². The van der Waals surface area contributed by atoms with Gasteiger partial charge in [-0.1, -0.05) is 61.0 Å². The molecule has 122 valence electrons. The number of carbonyl (C=O) groups excluding carboxylic acids is 1. The third kappa shape index (κ3) is 3.55. The second kappa shape index (κ2) is 7.86. The first-order valence-corrected chi connectivity index (χ1v) is 8.64. The van der Waals surface area contributed by atoms with Crippen molar-refractivity contribution in [2.45, 2.75) is 17.8 Å². The Balaban J connectivity index is 2.69. The zero-order valence-electron chi connectivity index (χ0n) is 13.0. The summed E-state index contributed by atoms with van der Waals surface area (Å²) in [4.78, 5) is 12.1. The molecule has 0 saturated carbocycles. The number of hydrogen-bond acceptors (Lipinski definition) is 4. The van der Waals surface area contributed by atoms with E-state index in [1.165, 1.54) is 18.9 Å². The van der Waals surface area contributed by atoms with Gasteiger partial charge >= 0.3 is 5.97 Å². The van der Waals surface area contributed by atoms with E-state index in [9.17, 15) is 9.90 Å². The number of methoxy groups -OCH3 is 1. The van der Waals surface area contributed by atoms with Gasteiger partial charge in [0.25, 0.3) is 0 Å². The van der Waals surface area contributed by atoms with Crippen molar-refractivity contribution in [2.75, 3.05) is 12.9 Å². The summed E-state index contributed by atoms with van der Waals surface area (Å²) < 4.78 is 3.85. The molecule has 0 aliphatic heterocycles. The highest BCUT2D eigenvalue weighted by Gasteiger charge is 2.46. The first-order chi connectivity index (χ1) is 11.1. The Morgan fingerprint density at radius 3 is 2.26 bits per heavy atom. The van der Waals surface area contributed by atoms with E-state index in [0.717, 1.165) is 11.1 Å². The van der Waals surface area contributed by atoms with Crippen LogP contribution < -0.4 is 0 Å². The average molecular weight is 351 g/mol. The Labute approximate surface area is 145 Å². The molecule has 0 heterocycles. The lowest BCUT2D eigenvalue weighted by Crippen LogP contribution is -2.44. The molecule has 23 heavy (non-hydrogen) atoms. The van der Waals surface area contributed by atoms with E-state index in [-0.39, 0.29) is 0 Å². The van der Waals surface area contributed by atoms with E-state index < -0.39 is 16.8 Å². The minimum atomic E-state index is -1.33. The Bertz CT molecular complexity index is 645. The van der Waals surface area contributed by atoms with E-state index in [1.54, 1.807) is 12.1 Å². The molecule has 2 aromatic rings. The van der Waals surface area contributed by atoms with Crippen molar-refractivity contribution in [3.63, 3.8) is 0 Å². The van der Waals surface area contributed by atoms with Crippen molar-refractivity contribution in [1.82, 2.24) is 0 Å². The van der Waals surface area contributed by atoms with Crippen LogP contribution in [0.25, 0.3) is 0 Å². The summed E-state index contributed by atoms with van der Waals surface area (Å²) in [6.07, 6.45) is -1.33. The normalized spacial score (nSPS) is 14.8. The summed E-state index contributed by atoms with van der Waals surface area (Å²) in [5.41, 5.74) is 1.64. The Morgan fingerprint density at radius 1 is 1.17 bits per heavy atom. The van der Waals surface area contributed by atoms with Gasteiger partial charge in [-0.2, -0.15) is 0 Å². The monoisotopic (exact) mass is 350 g/mol. The molecule has 0 aliphatic rings. The highest BCUT2D eigenvalue weighted by Crippen LogP contribution is 2.46. The van der Waals surface area contributed by atoms with E-state index in [4.69, 9.17) is 16.3 Å². The summed E-state index contributed by atoms with van der Waals surface area (Å²) in [5.74, 6) is 0.0516. The molecular weight excluding hydrogens is 332 g/mol. The standard InChI is InChI=1S/C18H19ClO3S/c1-3-23-18(16(20)17(21)22-2,13-7-5-4-6-8-13)14-9-11-15(19)12-10-14/h4-12,16,20H,3H2,1-2H3/t16-,18+/m0/s1. The fourth-order valence-electron chi connectivity index (χ4n) is 2.62. The van der Waals surface area contributed by atoms with Crippen LogP contribution in [0.2, 0.25) is 5.02 Å². The van der Waals surface area contributed by atoms with Crippen LogP contribution in [0.1, 0.15) is 18.1 Å². The number of thioether (sulfide) groups is 1. The van der Waals surface area contributed by atoms with E-state index >= 15 is 0 Å². The minimum absolute atomic E-state index is 0.602. The molecule has 0 saturated heterocycles. The molecule has 1 N–H and O–H groups in total. The van der Waals surface area contributed by atoms with Crippen LogP contribution in [0, 0.1) is 0 Å². The summed E-state index contributed by atoms with van der Waals surface area (Å²) in [6.45, 7) is 1.99. The molecule has 0 spiro atoms. The number of benzene rings is 2. The fraction of sp³-hybridized carbons (Fsp3) is 0.278. The summed E-state index contributed by atoms with van der Waals surface area (Å²) in [5, 5.41) is 11.4. The lowest BCUT2D eigenvalue weighted by molar-refractivity contribution is -0.151. The second-order valence-corrected chi connectivity index (χ2v) is 6.91. The first-order valence-electron chi connectivity index (χ1n) is 7.27. The van der Waals surface area contributed by atoms with E-state index in [2.05, 4.69) is 0 Å². The molecule has 0 bridgehead atoms. The molecule has 2 rings (SSSR count). The smallest absolute Gasteiger partial charge is 0.336 e. The van der Waals surface area contributed by atoms with Crippen molar-refractivity contribution in [2.24, 2.45) is 0 Å². The predicted octanol–water partition coefficient (Wildman–Crippen LogP) is 3.87. The van der Waals surface area contributed by atoms with Gasteiger partial charge < -0.3 is 9.84 Å². The molecule has 0 radical (unpaired) electrons. The summed E-state index contributed by atoms with van der Waals surface area (Å²) in [7, 11) is 1.28. The zero-order valence-corrected chi connectivity index (χ0v) is 14.6. The molecular formula is C18H19ClO3S. The number of rotatable bonds is 6. The highest BCUT2D eigenvalue weighted by atomic mass is 35.5. The molecule has 0 aliphatic carbocycles. The van der Waals surface area contributed by atoms with Crippen LogP contribution in [0.5, 0.6) is 0 Å². The van der Waals surface area contributed by atoms with Gasteiger partial charge in [0, 0.05) is 5.02 Å². The van der Waals surface area contributed by atoms with Gasteiger partial charge in [0.2, 0.25) is 0 Å². The molecule has 0 unspecified atom stereocenters. The van der Waals surface area contributed by atoms with Crippen LogP contribution in [0.3, 0.4) is 0 Å². The lowest BCUT2D eigenvalue weighted by atomic mass is 9.85. The van der Waals surface area contributed by atoms with Gasteiger partial charge in [-0.25, -0.2) is 4.79 Å². The molecule has 0 fully saturated rings. The van der Waals surface area contributed by atoms with Crippen molar-refractivity contribution in [1.29, 1.82) is 0 Å². The van der Waals surface area contributed by atoms with Crippen LogP contribution in [0.4, 0.5) is 0 Å². The van der Waals surface area contributed by atoms with Crippen molar-refractivity contribution < 1.29 is 14.6 Å². The highest BCUT2D eigenvalue weighted by molar-refractivity contribution is 8.00. The maximum absolute atomic E-state index is 12.1. The lowest BCUT2D eigenvalue weighted by Gasteiger charge is -2.37. The molecule has 5 heteroatoms. The van der Waals surface area contributed by atoms with Crippen LogP contribution in [-0.2, 0) is 14.3 Å². The Hall–Kier alpha value is -1.49. The number of halogens is 1. The third-order valence-corrected chi connectivity index (χ3v) is 5.35. The number of aliphatic hydroxyl groups excluding tert-OH is 1. The van der Waals surface area contributed by atoms with Crippen LogP contribution in [0.15, 0.2) is 54.6 Å². The maximum Gasteiger partial charge on any atom is 0.336 e. The van der Waals surface area contributed by atoms with Crippen molar-refractivity contribution in [3.05, 3.63) is 70.7 Å². The molecule has 0 aromatic heterocycles. The number of ether oxygens (including phenoxy) is 1. The minimum Gasteiger partial charge on any atom is -0.467 e. The van der Waals surface area contributed by atoms with Gasteiger partial charge in [-0.15, -0.1) is 11.8 Å². The average Bonchev–Trinajstić information content (AvgIpc) is 2.60. The number of carbonyl (C=O) groups is 1. The van der Waals surface area contributed by atoms with Gasteiger partial charge in [-0.05, 0) is 29.0 Å². The van der Waals surface area contributed by atoms with Crippen molar-refractivity contribution >= 4 is 29.3 Å². The topological polar surface area (TPSA) is 46.5 Å². The molecule has 2 atom stereocenters. The number of esters is 1. The number of aliphatic hydroxyl groups is 1. The molecule has 2 aromatic carbocycles. The molecule has 3 nitrogen and oxygen atoms in total. The second-order valence-electron chi connectivity index (χ2n) is 4.97.